The fourth-order valence-electron chi connectivity index (χ4n) is 2.12. The van der Waals surface area contributed by atoms with Crippen LogP contribution in [0.15, 0.2) is 53.1 Å². The largest absolute Gasteiger partial charge is 0.462 e. The summed E-state index contributed by atoms with van der Waals surface area (Å²) in [6, 6.07) is 13.3. The topological polar surface area (TPSA) is 64.4 Å². The zero-order valence-electron chi connectivity index (χ0n) is 12.6. The minimum atomic E-state index is -0.156. The SMILES string of the molecule is COCCNC(=O)c1sc(-c2ccco2)nc1-c1ccccc1. The summed E-state index contributed by atoms with van der Waals surface area (Å²) in [7, 11) is 1.60. The maximum Gasteiger partial charge on any atom is 0.263 e. The molecule has 0 unspecified atom stereocenters. The number of hydrogen-bond donors (Lipinski definition) is 1. The van der Waals surface area contributed by atoms with Crippen LogP contribution in [0.2, 0.25) is 0 Å². The molecule has 0 aliphatic rings. The molecule has 0 atom stereocenters. The summed E-state index contributed by atoms with van der Waals surface area (Å²) in [6.45, 7) is 0.924. The highest BCUT2D eigenvalue weighted by atomic mass is 32.1. The summed E-state index contributed by atoms with van der Waals surface area (Å²) in [5, 5.41) is 3.53. The number of rotatable bonds is 6. The molecule has 23 heavy (non-hydrogen) atoms. The number of hydrogen-bond acceptors (Lipinski definition) is 5. The standard InChI is InChI=1S/C17H16N2O3S/c1-21-11-9-18-16(20)15-14(12-6-3-2-4-7-12)19-17(23-15)13-8-5-10-22-13/h2-8,10H,9,11H2,1H3,(H,18,20). The fraction of sp³-hybridized carbons (Fsp3) is 0.176. The van der Waals surface area contributed by atoms with Crippen molar-refractivity contribution in [3.63, 3.8) is 0 Å². The van der Waals surface area contributed by atoms with E-state index < -0.39 is 0 Å². The molecule has 0 aliphatic heterocycles. The average molecular weight is 328 g/mol. The van der Waals surface area contributed by atoms with Crippen LogP contribution >= 0.6 is 11.3 Å². The number of thiazole rings is 1. The molecule has 5 nitrogen and oxygen atoms in total. The normalized spacial score (nSPS) is 10.7. The van der Waals surface area contributed by atoms with Gasteiger partial charge in [-0.1, -0.05) is 30.3 Å². The molecule has 0 aliphatic carbocycles. The summed E-state index contributed by atoms with van der Waals surface area (Å²) < 4.78 is 10.4. The van der Waals surface area contributed by atoms with Crippen LogP contribution in [0.3, 0.4) is 0 Å². The van der Waals surface area contributed by atoms with E-state index >= 15 is 0 Å². The Morgan fingerprint density at radius 1 is 1.26 bits per heavy atom. The zero-order chi connectivity index (χ0) is 16.1. The van der Waals surface area contributed by atoms with Gasteiger partial charge in [0.25, 0.3) is 5.91 Å². The van der Waals surface area contributed by atoms with E-state index in [9.17, 15) is 4.79 Å². The molecule has 0 saturated carbocycles. The van der Waals surface area contributed by atoms with Crippen molar-refractivity contribution in [1.29, 1.82) is 0 Å². The molecule has 0 fully saturated rings. The van der Waals surface area contributed by atoms with E-state index in [0.717, 1.165) is 5.56 Å². The van der Waals surface area contributed by atoms with Crippen LogP contribution in [-0.2, 0) is 4.74 Å². The molecular formula is C17H16N2O3S. The molecule has 1 amide bonds. The molecule has 0 radical (unpaired) electrons. The number of ether oxygens (including phenoxy) is 1. The number of methoxy groups -OCH3 is 1. The Kier molecular flexibility index (Phi) is 4.85. The van der Waals surface area contributed by atoms with Gasteiger partial charge in [-0.05, 0) is 12.1 Å². The van der Waals surface area contributed by atoms with Gasteiger partial charge in [0, 0.05) is 19.2 Å². The Bertz CT molecular complexity index is 767. The number of carbonyl (C=O) groups is 1. The highest BCUT2D eigenvalue weighted by Gasteiger charge is 2.20. The summed E-state index contributed by atoms with van der Waals surface area (Å²) in [5.74, 6) is 0.499. The maximum atomic E-state index is 12.5. The van der Waals surface area contributed by atoms with Crippen LogP contribution < -0.4 is 5.32 Å². The number of nitrogens with zero attached hydrogens (tertiary/aromatic N) is 1. The van der Waals surface area contributed by atoms with Crippen molar-refractivity contribution in [2.45, 2.75) is 0 Å². The quantitative estimate of drug-likeness (QED) is 0.704. The number of amides is 1. The van der Waals surface area contributed by atoms with Crippen molar-refractivity contribution in [1.82, 2.24) is 10.3 Å². The van der Waals surface area contributed by atoms with E-state index in [2.05, 4.69) is 10.3 Å². The summed E-state index contributed by atoms with van der Waals surface area (Å²) in [5.41, 5.74) is 1.57. The van der Waals surface area contributed by atoms with Gasteiger partial charge in [-0.25, -0.2) is 4.98 Å². The molecule has 6 heteroatoms. The van der Waals surface area contributed by atoms with E-state index in [4.69, 9.17) is 9.15 Å². The molecule has 1 aromatic carbocycles. The Morgan fingerprint density at radius 3 is 2.78 bits per heavy atom. The van der Waals surface area contributed by atoms with Crippen molar-refractivity contribution >= 4 is 17.2 Å². The van der Waals surface area contributed by atoms with Crippen molar-refractivity contribution in [3.8, 4) is 22.0 Å². The van der Waals surface area contributed by atoms with Gasteiger partial charge >= 0.3 is 0 Å². The molecule has 0 spiro atoms. The molecule has 0 bridgehead atoms. The van der Waals surface area contributed by atoms with Crippen molar-refractivity contribution in [3.05, 3.63) is 53.6 Å². The monoisotopic (exact) mass is 328 g/mol. The van der Waals surface area contributed by atoms with Gasteiger partial charge in [0.05, 0.1) is 18.6 Å². The number of nitrogens with one attached hydrogen (secondary N) is 1. The van der Waals surface area contributed by atoms with Gasteiger partial charge in [-0.3, -0.25) is 4.79 Å². The summed E-state index contributed by atoms with van der Waals surface area (Å²) >= 11 is 1.32. The average Bonchev–Trinajstić information content (AvgIpc) is 3.25. The summed E-state index contributed by atoms with van der Waals surface area (Å²) in [4.78, 5) is 17.6. The summed E-state index contributed by atoms with van der Waals surface area (Å²) in [6.07, 6.45) is 1.59. The van der Waals surface area contributed by atoms with Crippen molar-refractivity contribution in [2.24, 2.45) is 0 Å². The predicted octanol–water partition coefficient (Wildman–Crippen LogP) is 3.45. The van der Waals surface area contributed by atoms with Gasteiger partial charge in [-0.15, -0.1) is 11.3 Å². The van der Waals surface area contributed by atoms with E-state index in [1.165, 1.54) is 11.3 Å². The van der Waals surface area contributed by atoms with E-state index in [1.807, 2.05) is 36.4 Å². The maximum absolute atomic E-state index is 12.5. The van der Waals surface area contributed by atoms with Gasteiger partial charge in [0.2, 0.25) is 0 Å². The first-order valence-electron chi connectivity index (χ1n) is 7.17. The Morgan fingerprint density at radius 2 is 2.09 bits per heavy atom. The van der Waals surface area contributed by atoms with E-state index in [-0.39, 0.29) is 5.91 Å². The van der Waals surface area contributed by atoms with Gasteiger partial charge < -0.3 is 14.5 Å². The minimum Gasteiger partial charge on any atom is -0.462 e. The van der Waals surface area contributed by atoms with E-state index in [1.54, 1.807) is 19.4 Å². The number of carbonyl (C=O) groups excluding carboxylic acids is 1. The lowest BCUT2D eigenvalue weighted by atomic mass is 10.1. The fourth-order valence-corrected chi connectivity index (χ4v) is 3.09. The molecule has 3 rings (SSSR count). The van der Waals surface area contributed by atoms with Gasteiger partial charge in [-0.2, -0.15) is 0 Å². The number of benzene rings is 1. The van der Waals surface area contributed by atoms with Crippen molar-refractivity contribution in [2.75, 3.05) is 20.3 Å². The molecular weight excluding hydrogens is 312 g/mol. The first-order valence-corrected chi connectivity index (χ1v) is 7.98. The number of aromatic nitrogens is 1. The molecule has 3 aromatic rings. The van der Waals surface area contributed by atoms with Gasteiger partial charge in [0.15, 0.2) is 10.8 Å². The third-order valence-electron chi connectivity index (χ3n) is 3.20. The molecule has 2 heterocycles. The number of furan rings is 1. The van der Waals surface area contributed by atoms with Crippen LogP contribution in [0, 0.1) is 0 Å². The van der Waals surface area contributed by atoms with Crippen molar-refractivity contribution < 1.29 is 13.9 Å². The Labute approximate surface area is 137 Å². The Hall–Kier alpha value is -2.44. The van der Waals surface area contributed by atoms with Crippen LogP contribution in [0.25, 0.3) is 22.0 Å². The first kappa shape index (κ1) is 15.5. The second-order valence-corrected chi connectivity index (χ2v) is 5.79. The van der Waals surface area contributed by atoms with Crippen LogP contribution in [-0.4, -0.2) is 31.2 Å². The highest BCUT2D eigenvalue weighted by Crippen LogP contribution is 2.33. The first-order chi connectivity index (χ1) is 11.3. The predicted molar refractivity (Wildman–Crippen MR) is 89.5 cm³/mol. The molecule has 118 valence electrons. The third-order valence-corrected chi connectivity index (χ3v) is 4.27. The minimum absolute atomic E-state index is 0.156. The van der Waals surface area contributed by atoms with Crippen LogP contribution in [0.1, 0.15) is 9.67 Å². The third kappa shape index (κ3) is 3.49. The lowest BCUT2D eigenvalue weighted by Gasteiger charge is -2.04. The molecule has 2 aromatic heterocycles. The zero-order valence-corrected chi connectivity index (χ0v) is 13.4. The van der Waals surface area contributed by atoms with Crippen LogP contribution in [0.4, 0.5) is 0 Å². The Balaban J connectivity index is 1.97. The molecule has 0 saturated heterocycles. The van der Waals surface area contributed by atoms with Gasteiger partial charge in [0.1, 0.15) is 4.88 Å². The second-order valence-electron chi connectivity index (χ2n) is 4.79. The van der Waals surface area contributed by atoms with Crippen LogP contribution in [0.5, 0.6) is 0 Å². The highest BCUT2D eigenvalue weighted by molar-refractivity contribution is 7.17. The molecule has 1 N–H and O–H groups in total. The smallest absolute Gasteiger partial charge is 0.263 e. The second kappa shape index (κ2) is 7.21. The lowest BCUT2D eigenvalue weighted by Crippen LogP contribution is -2.26. The van der Waals surface area contributed by atoms with E-state index in [0.29, 0.717) is 34.5 Å². The lowest BCUT2D eigenvalue weighted by molar-refractivity contribution is 0.0941.